The Hall–Kier alpha value is -2.07. The average Bonchev–Trinajstić information content (AvgIpc) is 3.00. The molecule has 0 atom stereocenters. The van der Waals surface area contributed by atoms with Crippen molar-refractivity contribution in [3.63, 3.8) is 0 Å². The summed E-state index contributed by atoms with van der Waals surface area (Å²) in [6.45, 7) is -0.836. The van der Waals surface area contributed by atoms with Gasteiger partial charge in [0.1, 0.15) is 12.3 Å². The number of hydrogen-bond acceptors (Lipinski definition) is 5. The van der Waals surface area contributed by atoms with Crippen molar-refractivity contribution in [2.24, 2.45) is 0 Å². The summed E-state index contributed by atoms with van der Waals surface area (Å²) in [5.41, 5.74) is 0.527. The molecule has 0 bridgehead atoms. The second kappa shape index (κ2) is 8.75. The van der Waals surface area contributed by atoms with Gasteiger partial charge in [0.2, 0.25) is 0 Å². The zero-order valence-electron chi connectivity index (χ0n) is 13.9. The fourth-order valence-corrected chi connectivity index (χ4v) is 3.41. The molecule has 0 saturated carbocycles. The van der Waals surface area contributed by atoms with Gasteiger partial charge in [-0.15, -0.1) is 10.2 Å². The zero-order chi connectivity index (χ0) is 19.3. The van der Waals surface area contributed by atoms with E-state index in [-0.39, 0.29) is 11.0 Å². The van der Waals surface area contributed by atoms with E-state index in [1.807, 2.05) is 24.3 Å². The number of nitrogens with zero attached hydrogens (tertiary/aromatic N) is 4. The molecule has 10 heteroatoms. The van der Waals surface area contributed by atoms with Gasteiger partial charge in [0, 0.05) is 28.2 Å². The summed E-state index contributed by atoms with van der Waals surface area (Å²) in [6.07, 6.45) is -1.38. The van der Waals surface area contributed by atoms with Crippen molar-refractivity contribution < 1.29 is 17.9 Å². The molecule has 0 N–H and O–H groups in total. The van der Waals surface area contributed by atoms with Gasteiger partial charge in [0.25, 0.3) is 0 Å². The first-order valence-electron chi connectivity index (χ1n) is 7.84. The van der Waals surface area contributed by atoms with Crippen molar-refractivity contribution >= 4 is 27.7 Å². The number of hydrogen-bond donors (Lipinski definition) is 0. The van der Waals surface area contributed by atoms with Gasteiger partial charge in [-0.2, -0.15) is 13.2 Å². The lowest BCUT2D eigenvalue weighted by Gasteiger charge is -2.12. The molecule has 0 amide bonds. The molecule has 0 aliphatic heterocycles. The number of aromatic nitrogens is 4. The van der Waals surface area contributed by atoms with Crippen LogP contribution < -0.4 is 4.74 Å². The number of halogens is 4. The first kappa shape index (κ1) is 19.7. The summed E-state index contributed by atoms with van der Waals surface area (Å²) < 4.78 is 46.6. The smallest absolute Gasteiger partial charge is 0.406 e. The summed E-state index contributed by atoms with van der Waals surface area (Å²) >= 11 is 4.52. The van der Waals surface area contributed by atoms with Crippen molar-refractivity contribution in [1.29, 1.82) is 0 Å². The zero-order valence-corrected chi connectivity index (χ0v) is 16.3. The normalized spacial score (nSPS) is 11.6. The van der Waals surface area contributed by atoms with E-state index in [9.17, 15) is 13.2 Å². The van der Waals surface area contributed by atoms with Crippen LogP contribution in [0.15, 0.2) is 58.4 Å². The fourth-order valence-electron chi connectivity index (χ4n) is 2.28. The molecule has 0 unspecified atom stereocenters. The van der Waals surface area contributed by atoms with Crippen LogP contribution in [0, 0.1) is 0 Å². The first-order valence-corrected chi connectivity index (χ1v) is 9.62. The van der Waals surface area contributed by atoms with Crippen LogP contribution in [0.5, 0.6) is 5.75 Å². The molecule has 0 spiro atoms. The maximum absolute atomic E-state index is 13.0. The van der Waals surface area contributed by atoms with Crippen LogP contribution in [0.25, 0.3) is 11.4 Å². The van der Waals surface area contributed by atoms with Gasteiger partial charge in [-0.1, -0.05) is 33.8 Å². The van der Waals surface area contributed by atoms with Crippen molar-refractivity contribution in [3.05, 3.63) is 53.3 Å². The third-order valence-electron chi connectivity index (χ3n) is 3.37. The van der Waals surface area contributed by atoms with Gasteiger partial charge in [-0.25, -0.2) is 0 Å². The lowest BCUT2D eigenvalue weighted by atomic mass is 10.2. The van der Waals surface area contributed by atoms with Gasteiger partial charge in [-0.05, 0) is 30.3 Å². The van der Waals surface area contributed by atoms with Crippen molar-refractivity contribution in [2.75, 3.05) is 12.4 Å². The molecule has 2 heterocycles. The van der Waals surface area contributed by atoms with Crippen molar-refractivity contribution in [1.82, 2.24) is 19.7 Å². The van der Waals surface area contributed by atoms with E-state index in [4.69, 9.17) is 4.74 Å². The molecule has 142 valence electrons. The molecule has 1 aromatic carbocycles. The maximum atomic E-state index is 13.0. The summed E-state index contributed by atoms with van der Waals surface area (Å²) in [5.74, 6) is 1.27. The van der Waals surface area contributed by atoms with E-state index in [1.54, 1.807) is 12.1 Å². The Kier molecular flexibility index (Phi) is 6.38. The van der Waals surface area contributed by atoms with E-state index in [1.165, 1.54) is 12.4 Å². The van der Waals surface area contributed by atoms with Crippen molar-refractivity contribution in [2.45, 2.75) is 17.9 Å². The Morgan fingerprint density at radius 3 is 2.59 bits per heavy atom. The molecule has 0 aliphatic carbocycles. The summed E-state index contributed by atoms with van der Waals surface area (Å²) in [4.78, 5) is 3.87. The molecule has 5 nitrogen and oxygen atoms in total. The van der Waals surface area contributed by atoms with Crippen LogP contribution in [0.4, 0.5) is 13.2 Å². The highest BCUT2D eigenvalue weighted by Crippen LogP contribution is 2.28. The van der Waals surface area contributed by atoms with E-state index < -0.39 is 12.7 Å². The first-order chi connectivity index (χ1) is 12.9. The molecule has 0 radical (unpaired) electrons. The van der Waals surface area contributed by atoms with E-state index >= 15 is 0 Å². The number of pyridine rings is 1. The predicted octanol–water partition coefficient (Wildman–Crippen LogP) is 4.84. The minimum Gasteiger partial charge on any atom is -0.493 e. The summed E-state index contributed by atoms with van der Waals surface area (Å²) in [7, 11) is 0. The molecular weight excluding hydrogens is 445 g/mol. The molecule has 0 saturated heterocycles. The SMILES string of the molecule is FC(F)(F)Cn1c(SCCOc2cccc(Br)c2)nnc1-c1ccncc1. The Morgan fingerprint density at radius 1 is 1.11 bits per heavy atom. The van der Waals surface area contributed by atoms with Gasteiger partial charge in [0.05, 0.1) is 6.61 Å². The molecule has 3 aromatic rings. The average molecular weight is 459 g/mol. The number of alkyl halides is 3. The minimum absolute atomic E-state index is 0.158. The second-order valence-corrected chi connectivity index (χ2v) is 7.38. The molecule has 27 heavy (non-hydrogen) atoms. The van der Waals surface area contributed by atoms with Crippen molar-refractivity contribution in [3.8, 4) is 17.1 Å². The van der Waals surface area contributed by atoms with E-state index in [0.29, 0.717) is 23.7 Å². The third-order valence-corrected chi connectivity index (χ3v) is 4.80. The fraction of sp³-hybridized carbons (Fsp3) is 0.235. The van der Waals surface area contributed by atoms with Crippen LogP contribution in [0.3, 0.4) is 0 Å². The van der Waals surface area contributed by atoms with Crippen LogP contribution in [0.1, 0.15) is 0 Å². The monoisotopic (exact) mass is 458 g/mol. The number of benzene rings is 1. The molecule has 0 fully saturated rings. The summed E-state index contributed by atoms with van der Waals surface area (Å²) in [6, 6.07) is 10.5. The Morgan fingerprint density at radius 2 is 1.89 bits per heavy atom. The summed E-state index contributed by atoms with van der Waals surface area (Å²) in [5, 5.41) is 8.06. The lowest BCUT2D eigenvalue weighted by Crippen LogP contribution is -2.19. The van der Waals surface area contributed by atoms with Crippen LogP contribution in [-0.4, -0.2) is 38.3 Å². The molecule has 0 aliphatic rings. The van der Waals surface area contributed by atoms with Gasteiger partial charge in [0.15, 0.2) is 11.0 Å². The van der Waals surface area contributed by atoms with Crippen LogP contribution in [0.2, 0.25) is 0 Å². The molecule has 3 rings (SSSR count). The minimum atomic E-state index is -4.38. The molecule has 2 aromatic heterocycles. The highest BCUT2D eigenvalue weighted by Gasteiger charge is 2.31. The lowest BCUT2D eigenvalue weighted by molar-refractivity contribution is -0.141. The van der Waals surface area contributed by atoms with E-state index in [0.717, 1.165) is 20.8 Å². The second-order valence-electron chi connectivity index (χ2n) is 5.40. The van der Waals surface area contributed by atoms with Crippen LogP contribution in [-0.2, 0) is 6.54 Å². The largest absolute Gasteiger partial charge is 0.493 e. The molecular formula is C17H14BrF3N4OS. The third kappa shape index (κ3) is 5.70. The topological polar surface area (TPSA) is 52.8 Å². The number of rotatable bonds is 7. The predicted molar refractivity (Wildman–Crippen MR) is 99.7 cm³/mol. The Balaban J connectivity index is 1.70. The number of ether oxygens (including phenoxy) is 1. The van der Waals surface area contributed by atoms with Gasteiger partial charge in [-0.3, -0.25) is 9.55 Å². The Bertz CT molecular complexity index is 889. The highest BCUT2D eigenvalue weighted by atomic mass is 79.9. The Labute approximate surface area is 166 Å². The number of thioether (sulfide) groups is 1. The van der Waals surface area contributed by atoms with Crippen LogP contribution >= 0.6 is 27.7 Å². The standard InChI is InChI=1S/C17H14BrF3N4OS/c18-13-2-1-3-14(10-13)26-8-9-27-16-24-23-15(12-4-6-22-7-5-12)25(16)11-17(19,20)21/h1-7,10H,8-9,11H2. The van der Waals surface area contributed by atoms with Gasteiger partial charge < -0.3 is 4.74 Å². The highest BCUT2D eigenvalue weighted by molar-refractivity contribution is 9.10. The van der Waals surface area contributed by atoms with Gasteiger partial charge >= 0.3 is 6.18 Å². The maximum Gasteiger partial charge on any atom is 0.406 e. The quantitative estimate of drug-likeness (QED) is 0.374. The van der Waals surface area contributed by atoms with E-state index in [2.05, 4.69) is 31.1 Å².